The summed E-state index contributed by atoms with van der Waals surface area (Å²) in [6.45, 7) is 3.16. The van der Waals surface area contributed by atoms with Crippen molar-refractivity contribution in [1.29, 1.82) is 0 Å². The molecule has 0 unspecified atom stereocenters. The Bertz CT molecular complexity index is 604. The van der Waals surface area contributed by atoms with E-state index in [0.29, 0.717) is 19.5 Å². The number of sulfonamides is 1. The molecular formula is C16H25N3O3S. The Morgan fingerprint density at radius 2 is 2.00 bits per heavy atom. The average Bonchev–Trinajstić information content (AvgIpc) is 3.05. The Balaban J connectivity index is 1.77. The highest BCUT2D eigenvalue weighted by Crippen LogP contribution is 2.31. The van der Waals surface area contributed by atoms with E-state index < -0.39 is 10.0 Å². The predicted molar refractivity (Wildman–Crippen MR) is 90.6 cm³/mol. The number of nitrogens with zero attached hydrogens (tertiary/aromatic N) is 1. The second-order valence-electron chi connectivity index (χ2n) is 5.65. The van der Waals surface area contributed by atoms with Crippen molar-refractivity contribution >= 4 is 16.1 Å². The SMILES string of the molecule is CCS(=O)(=O)NCCCNC(=O)N1CCC[C@@H]1c1ccccc1. The third kappa shape index (κ3) is 5.21. The van der Waals surface area contributed by atoms with Crippen molar-refractivity contribution in [1.82, 2.24) is 14.9 Å². The normalized spacial score (nSPS) is 18.1. The first kappa shape index (κ1) is 17.7. The number of urea groups is 1. The molecule has 2 N–H and O–H groups in total. The molecule has 1 heterocycles. The molecule has 0 radical (unpaired) electrons. The van der Waals surface area contributed by atoms with Crippen LogP contribution in [0.1, 0.15) is 37.8 Å². The molecule has 23 heavy (non-hydrogen) atoms. The number of benzene rings is 1. The van der Waals surface area contributed by atoms with E-state index in [1.54, 1.807) is 6.92 Å². The van der Waals surface area contributed by atoms with Crippen LogP contribution in [0.5, 0.6) is 0 Å². The maximum Gasteiger partial charge on any atom is 0.317 e. The quantitative estimate of drug-likeness (QED) is 0.744. The van der Waals surface area contributed by atoms with Crippen molar-refractivity contribution in [3.05, 3.63) is 35.9 Å². The molecule has 128 valence electrons. The average molecular weight is 339 g/mol. The summed E-state index contributed by atoms with van der Waals surface area (Å²) in [4.78, 5) is 14.2. The molecule has 0 bridgehead atoms. The summed E-state index contributed by atoms with van der Waals surface area (Å²) in [5.74, 6) is 0.0753. The van der Waals surface area contributed by atoms with Gasteiger partial charge in [-0.1, -0.05) is 30.3 Å². The van der Waals surface area contributed by atoms with Crippen LogP contribution in [0.25, 0.3) is 0 Å². The summed E-state index contributed by atoms with van der Waals surface area (Å²) in [5, 5.41) is 2.88. The van der Waals surface area contributed by atoms with Crippen LogP contribution in [0.15, 0.2) is 30.3 Å². The molecular weight excluding hydrogens is 314 g/mol. The summed E-state index contributed by atoms with van der Waals surface area (Å²) in [5.41, 5.74) is 1.16. The van der Waals surface area contributed by atoms with Gasteiger partial charge < -0.3 is 10.2 Å². The van der Waals surface area contributed by atoms with Gasteiger partial charge in [-0.25, -0.2) is 17.9 Å². The van der Waals surface area contributed by atoms with Gasteiger partial charge >= 0.3 is 6.03 Å². The van der Waals surface area contributed by atoms with Gasteiger partial charge in [0.05, 0.1) is 11.8 Å². The number of hydrogen-bond acceptors (Lipinski definition) is 3. The molecule has 6 nitrogen and oxygen atoms in total. The molecule has 0 saturated carbocycles. The van der Waals surface area contributed by atoms with Crippen molar-refractivity contribution in [3.8, 4) is 0 Å². The van der Waals surface area contributed by atoms with E-state index >= 15 is 0 Å². The van der Waals surface area contributed by atoms with Crippen LogP contribution in [-0.4, -0.2) is 44.7 Å². The zero-order chi connectivity index (χ0) is 16.7. The Morgan fingerprint density at radius 1 is 1.26 bits per heavy atom. The third-order valence-corrected chi connectivity index (χ3v) is 5.43. The van der Waals surface area contributed by atoms with E-state index in [0.717, 1.165) is 24.9 Å². The Hall–Kier alpha value is -1.60. The molecule has 2 rings (SSSR count). The zero-order valence-corrected chi connectivity index (χ0v) is 14.3. The van der Waals surface area contributed by atoms with Gasteiger partial charge in [0.25, 0.3) is 0 Å². The number of hydrogen-bond donors (Lipinski definition) is 2. The number of likely N-dealkylation sites (tertiary alicyclic amines) is 1. The summed E-state index contributed by atoms with van der Waals surface area (Å²) in [7, 11) is -3.15. The molecule has 0 aromatic heterocycles. The number of amides is 2. The lowest BCUT2D eigenvalue weighted by molar-refractivity contribution is 0.193. The molecule has 1 atom stereocenters. The minimum atomic E-state index is -3.15. The van der Waals surface area contributed by atoms with Gasteiger partial charge in [-0.2, -0.15) is 0 Å². The number of carbonyl (C=O) groups excluding carboxylic acids is 1. The van der Waals surface area contributed by atoms with Crippen LogP contribution in [0.3, 0.4) is 0 Å². The monoisotopic (exact) mass is 339 g/mol. The van der Waals surface area contributed by atoms with Gasteiger partial charge in [-0.05, 0) is 31.7 Å². The van der Waals surface area contributed by atoms with Crippen LogP contribution in [-0.2, 0) is 10.0 Å². The topological polar surface area (TPSA) is 78.5 Å². The molecule has 1 aliphatic heterocycles. The van der Waals surface area contributed by atoms with E-state index in [4.69, 9.17) is 0 Å². The fourth-order valence-electron chi connectivity index (χ4n) is 2.75. The smallest absolute Gasteiger partial charge is 0.317 e. The van der Waals surface area contributed by atoms with Crippen LogP contribution in [0.2, 0.25) is 0 Å². The van der Waals surface area contributed by atoms with Crippen molar-refractivity contribution in [2.24, 2.45) is 0 Å². The van der Waals surface area contributed by atoms with Gasteiger partial charge in [0.1, 0.15) is 0 Å². The molecule has 2 amide bonds. The van der Waals surface area contributed by atoms with E-state index in [9.17, 15) is 13.2 Å². The minimum Gasteiger partial charge on any atom is -0.338 e. The van der Waals surface area contributed by atoms with E-state index in [-0.39, 0.29) is 17.8 Å². The lowest BCUT2D eigenvalue weighted by Gasteiger charge is -2.25. The van der Waals surface area contributed by atoms with Gasteiger partial charge in [0, 0.05) is 19.6 Å². The zero-order valence-electron chi connectivity index (χ0n) is 13.5. The largest absolute Gasteiger partial charge is 0.338 e. The van der Waals surface area contributed by atoms with E-state index in [1.165, 1.54) is 0 Å². The van der Waals surface area contributed by atoms with Gasteiger partial charge in [0.15, 0.2) is 0 Å². The molecule has 1 aliphatic rings. The second-order valence-corrected chi connectivity index (χ2v) is 7.74. The highest BCUT2D eigenvalue weighted by atomic mass is 32.2. The van der Waals surface area contributed by atoms with Crippen LogP contribution >= 0.6 is 0 Å². The fourth-order valence-corrected chi connectivity index (χ4v) is 3.41. The molecule has 0 aliphatic carbocycles. The molecule has 0 spiro atoms. The summed E-state index contributed by atoms with van der Waals surface area (Å²) in [6.07, 6.45) is 2.56. The van der Waals surface area contributed by atoms with Gasteiger partial charge in [-0.3, -0.25) is 0 Å². The lowest BCUT2D eigenvalue weighted by atomic mass is 10.1. The maximum atomic E-state index is 12.3. The first-order valence-electron chi connectivity index (χ1n) is 8.10. The summed E-state index contributed by atoms with van der Waals surface area (Å²) < 4.78 is 25.1. The first-order chi connectivity index (χ1) is 11.0. The van der Waals surface area contributed by atoms with Crippen molar-refractivity contribution < 1.29 is 13.2 Å². The Morgan fingerprint density at radius 3 is 2.70 bits per heavy atom. The number of rotatable bonds is 7. The van der Waals surface area contributed by atoms with E-state index in [1.807, 2.05) is 23.1 Å². The molecule has 1 aromatic rings. The van der Waals surface area contributed by atoms with Crippen molar-refractivity contribution in [2.75, 3.05) is 25.4 Å². The summed E-state index contributed by atoms with van der Waals surface area (Å²) in [6, 6.07) is 10.1. The predicted octanol–water partition coefficient (Wildman–Crippen LogP) is 1.86. The summed E-state index contributed by atoms with van der Waals surface area (Å²) >= 11 is 0. The minimum absolute atomic E-state index is 0.0744. The number of carbonyl (C=O) groups is 1. The number of nitrogens with one attached hydrogen (secondary N) is 2. The molecule has 7 heteroatoms. The highest BCUT2D eigenvalue weighted by molar-refractivity contribution is 7.89. The van der Waals surface area contributed by atoms with Gasteiger partial charge in [-0.15, -0.1) is 0 Å². The molecule has 1 aromatic carbocycles. The van der Waals surface area contributed by atoms with Crippen LogP contribution in [0, 0.1) is 0 Å². The standard InChI is InChI=1S/C16H25N3O3S/c1-2-23(21,22)18-12-7-11-17-16(20)19-13-6-10-15(19)14-8-4-3-5-9-14/h3-5,8-9,15,18H,2,6-7,10-13H2,1H3,(H,17,20)/t15-/m1/s1. The van der Waals surface area contributed by atoms with Crippen molar-refractivity contribution in [2.45, 2.75) is 32.2 Å². The second kappa shape index (κ2) is 8.31. The third-order valence-electron chi connectivity index (χ3n) is 4.03. The van der Waals surface area contributed by atoms with Crippen LogP contribution in [0.4, 0.5) is 4.79 Å². The van der Waals surface area contributed by atoms with E-state index in [2.05, 4.69) is 22.2 Å². The van der Waals surface area contributed by atoms with Gasteiger partial charge in [0.2, 0.25) is 10.0 Å². The molecule has 1 fully saturated rings. The Kier molecular flexibility index (Phi) is 6.41. The first-order valence-corrected chi connectivity index (χ1v) is 9.75. The Labute approximate surface area is 138 Å². The lowest BCUT2D eigenvalue weighted by Crippen LogP contribution is -2.40. The van der Waals surface area contributed by atoms with Crippen LogP contribution < -0.4 is 10.0 Å². The van der Waals surface area contributed by atoms with Crippen molar-refractivity contribution in [3.63, 3.8) is 0 Å². The fraction of sp³-hybridized carbons (Fsp3) is 0.562. The maximum absolute atomic E-state index is 12.3. The molecule has 1 saturated heterocycles. The highest BCUT2D eigenvalue weighted by Gasteiger charge is 2.29.